The first-order valence-corrected chi connectivity index (χ1v) is 10.4. The van der Waals surface area contributed by atoms with Gasteiger partial charge in [0.05, 0.1) is 23.9 Å². The average Bonchev–Trinajstić information content (AvgIpc) is 2.92. The molecule has 3 aromatic rings. The molecule has 2 aromatic carbocycles. The Bertz CT molecular complexity index is 948. The molecule has 0 atom stereocenters. The Balaban J connectivity index is 2.01. The number of ether oxygens (including phenoxy) is 1. The molecule has 0 saturated heterocycles. The van der Waals surface area contributed by atoms with E-state index in [2.05, 4.69) is 4.98 Å². The summed E-state index contributed by atoms with van der Waals surface area (Å²) in [6.45, 7) is 0. The van der Waals surface area contributed by atoms with Crippen LogP contribution in [0.3, 0.4) is 0 Å². The standard InChI is InChI=1S/C17H18N2O3S2/c1-22-14-9-7-13(8-10-14)19-16-6-4-3-5-15(16)18-17(19)23-11-12-24(2,20)21/h3-10H,11-12H2,1-2H3. The van der Waals surface area contributed by atoms with Gasteiger partial charge in [0, 0.05) is 17.7 Å². The molecular weight excluding hydrogens is 344 g/mol. The minimum Gasteiger partial charge on any atom is -0.497 e. The third-order valence-corrected chi connectivity index (χ3v) is 5.69. The van der Waals surface area contributed by atoms with Crippen LogP contribution in [0.1, 0.15) is 0 Å². The Kier molecular flexibility index (Phi) is 4.82. The van der Waals surface area contributed by atoms with Gasteiger partial charge in [-0.25, -0.2) is 13.4 Å². The Morgan fingerprint density at radius 3 is 2.50 bits per heavy atom. The molecule has 5 nitrogen and oxygen atoms in total. The second-order valence-electron chi connectivity index (χ2n) is 5.39. The highest BCUT2D eigenvalue weighted by Crippen LogP contribution is 2.28. The second-order valence-corrected chi connectivity index (χ2v) is 8.72. The van der Waals surface area contributed by atoms with Gasteiger partial charge in [-0.15, -0.1) is 0 Å². The van der Waals surface area contributed by atoms with E-state index in [-0.39, 0.29) is 5.75 Å². The van der Waals surface area contributed by atoms with E-state index in [1.54, 1.807) is 7.11 Å². The maximum atomic E-state index is 11.4. The van der Waals surface area contributed by atoms with E-state index >= 15 is 0 Å². The molecule has 0 radical (unpaired) electrons. The molecule has 3 rings (SSSR count). The van der Waals surface area contributed by atoms with Crippen LogP contribution in [0.2, 0.25) is 0 Å². The lowest BCUT2D eigenvalue weighted by Crippen LogP contribution is -2.06. The summed E-state index contributed by atoms with van der Waals surface area (Å²) in [5, 5.41) is 0.782. The highest BCUT2D eigenvalue weighted by Gasteiger charge is 2.13. The number of methoxy groups -OCH3 is 1. The molecule has 0 saturated carbocycles. The lowest BCUT2D eigenvalue weighted by atomic mass is 10.2. The Morgan fingerprint density at radius 2 is 1.83 bits per heavy atom. The summed E-state index contributed by atoms with van der Waals surface area (Å²) in [4.78, 5) is 4.65. The van der Waals surface area contributed by atoms with Gasteiger partial charge in [0.1, 0.15) is 15.6 Å². The number of fused-ring (bicyclic) bond motifs is 1. The first-order valence-electron chi connectivity index (χ1n) is 7.40. The van der Waals surface area contributed by atoms with Crippen molar-refractivity contribution in [2.75, 3.05) is 24.9 Å². The van der Waals surface area contributed by atoms with Gasteiger partial charge in [-0.1, -0.05) is 23.9 Å². The fraction of sp³-hybridized carbons (Fsp3) is 0.235. The molecule has 0 N–H and O–H groups in total. The van der Waals surface area contributed by atoms with Crippen molar-refractivity contribution in [2.24, 2.45) is 0 Å². The Labute approximate surface area is 145 Å². The van der Waals surface area contributed by atoms with Crippen LogP contribution in [0.15, 0.2) is 53.7 Å². The summed E-state index contributed by atoms with van der Waals surface area (Å²) in [5.74, 6) is 1.39. The number of para-hydroxylation sites is 2. The zero-order chi connectivity index (χ0) is 17.2. The zero-order valence-electron chi connectivity index (χ0n) is 13.5. The van der Waals surface area contributed by atoms with Gasteiger partial charge in [-0.3, -0.25) is 4.57 Å². The number of benzene rings is 2. The largest absolute Gasteiger partial charge is 0.497 e. The summed E-state index contributed by atoms with van der Waals surface area (Å²) in [7, 11) is -1.35. The SMILES string of the molecule is COc1ccc(-n2c(SCCS(C)(=O)=O)nc3ccccc32)cc1. The minimum absolute atomic E-state index is 0.128. The summed E-state index contributed by atoms with van der Waals surface area (Å²) in [6, 6.07) is 15.6. The molecule has 0 fully saturated rings. The van der Waals surface area contributed by atoms with Gasteiger partial charge in [0.25, 0.3) is 0 Å². The van der Waals surface area contributed by atoms with Gasteiger partial charge >= 0.3 is 0 Å². The van der Waals surface area contributed by atoms with Crippen molar-refractivity contribution < 1.29 is 13.2 Å². The minimum atomic E-state index is -2.99. The lowest BCUT2D eigenvalue weighted by Gasteiger charge is -2.09. The zero-order valence-corrected chi connectivity index (χ0v) is 15.1. The van der Waals surface area contributed by atoms with Gasteiger partial charge in [0.15, 0.2) is 5.16 Å². The average molecular weight is 362 g/mol. The van der Waals surface area contributed by atoms with Crippen LogP contribution in [0, 0.1) is 0 Å². The van der Waals surface area contributed by atoms with Crippen LogP contribution in [-0.2, 0) is 9.84 Å². The third-order valence-electron chi connectivity index (χ3n) is 3.55. The van der Waals surface area contributed by atoms with E-state index in [1.165, 1.54) is 18.0 Å². The highest BCUT2D eigenvalue weighted by atomic mass is 32.2. The summed E-state index contributed by atoms with van der Waals surface area (Å²) in [6.07, 6.45) is 1.25. The molecule has 0 amide bonds. The number of thioether (sulfide) groups is 1. The summed E-state index contributed by atoms with van der Waals surface area (Å²) < 4.78 is 30.0. The maximum Gasteiger partial charge on any atom is 0.173 e. The van der Waals surface area contributed by atoms with Crippen molar-refractivity contribution in [3.63, 3.8) is 0 Å². The van der Waals surface area contributed by atoms with Crippen LogP contribution in [0.25, 0.3) is 16.7 Å². The molecule has 0 aliphatic carbocycles. The van der Waals surface area contributed by atoms with E-state index in [0.29, 0.717) is 5.75 Å². The molecule has 0 unspecified atom stereocenters. The Hall–Kier alpha value is -1.99. The van der Waals surface area contributed by atoms with Crippen LogP contribution in [0.5, 0.6) is 5.75 Å². The van der Waals surface area contributed by atoms with Crippen LogP contribution in [-0.4, -0.2) is 42.8 Å². The van der Waals surface area contributed by atoms with E-state index in [9.17, 15) is 8.42 Å². The first kappa shape index (κ1) is 16.9. The number of hydrogen-bond donors (Lipinski definition) is 0. The quantitative estimate of drug-likeness (QED) is 0.630. The molecule has 7 heteroatoms. The molecular formula is C17H18N2O3S2. The molecule has 126 valence electrons. The van der Waals surface area contributed by atoms with Crippen LogP contribution >= 0.6 is 11.8 Å². The number of rotatable bonds is 6. The van der Waals surface area contributed by atoms with Crippen molar-refractivity contribution in [1.29, 1.82) is 0 Å². The van der Waals surface area contributed by atoms with Crippen LogP contribution in [0.4, 0.5) is 0 Å². The van der Waals surface area contributed by atoms with E-state index < -0.39 is 9.84 Å². The monoisotopic (exact) mass is 362 g/mol. The van der Waals surface area contributed by atoms with Crippen LogP contribution < -0.4 is 4.74 Å². The molecule has 1 heterocycles. The number of hydrogen-bond acceptors (Lipinski definition) is 5. The molecule has 24 heavy (non-hydrogen) atoms. The van der Waals surface area contributed by atoms with E-state index in [0.717, 1.165) is 27.6 Å². The van der Waals surface area contributed by atoms with Crippen molar-refractivity contribution in [3.05, 3.63) is 48.5 Å². The van der Waals surface area contributed by atoms with Crippen molar-refractivity contribution in [2.45, 2.75) is 5.16 Å². The highest BCUT2D eigenvalue weighted by molar-refractivity contribution is 8.00. The number of nitrogens with zero attached hydrogens (tertiary/aromatic N) is 2. The van der Waals surface area contributed by atoms with Crippen molar-refractivity contribution in [3.8, 4) is 11.4 Å². The lowest BCUT2D eigenvalue weighted by molar-refractivity contribution is 0.414. The van der Waals surface area contributed by atoms with Gasteiger partial charge in [-0.2, -0.15) is 0 Å². The summed E-state index contributed by atoms with van der Waals surface area (Å²) >= 11 is 1.45. The smallest absolute Gasteiger partial charge is 0.173 e. The maximum absolute atomic E-state index is 11.4. The van der Waals surface area contributed by atoms with E-state index in [4.69, 9.17) is 4.74 Å². The molecule has 0 aliphatic heterocycles. The summed E-state index contributed by atoms with van der Waals surface area (Å²) in [5.41, 5.74) is 2.84. The predicted octanol–water partition coefficient (Wildman–Crippen LogP) is 3.17. The van der Waals surface area contributed by atoms with Gasteiger partial charge < -0.3 is 4.74 Å². The number of imidazole rings is 1. The third kappa shape index (κ3) is 3.73. The fourth-order valence-corrected chi connectivity index (χ4v) is 4.59. The predicted molar refractivity (Wildman–Crippen MR) is 98.1 cm³/mol. The molecule has 1 aromatic heterocycles. The molecule has 0 bridgehead atoms. The normalized spacial score (nSPS) is 11.8. The number of aromatic nitrogens is 2. The molecule has 0 spiro atoms. The van der Waals surface area contributed by atoms with Crippen molar-refractivity contribution in [1.82, 2.24) is 9.55 Å². The number of sulfone groups is 1. The second kappa shape index (κ2) is 6.86. The molecule has 0 aliphatic rings. The topological polar surface area (TPSA) is 61.2 Å². The fourth-order valence-electron chi connectivity index (χ4n) is 2.37. The van der Waals surface area contributed by atoms with Crippen molar-refractivity contribution >= 4 is 32.6 Å². The first-order chi connectivity index (χ1) is 11.5. The Morgan fingerprint density at radius 1 is 1.12 bits per heavy atom. The van der Waals surface area contributed by atoms with Gasteiger partial charge in [0.2, 0.25) is 0 Å². The van der Waals surface area contributed by atoms with Gasteiger partial charge in [-0.05, 0) is 36.4 Å². The van der Waals surface area contributed by atoms with E-state index in [1.807, 2.05) is 53.1 Å².